The van der Waals surface area contributed by atoms with Crippen molar-refractivity contribution < 1.29 is 23.8 Å². The Balaban J connectivity index is 1.07. The van der Waals surface area contributed by atoms with Gasteiger partial charge in [-0.05, 0) is 87.7 Å². The molecule has 1 fully saturated rings. The lowest BCUT2D eigenvalue weighted by Gasteiger charge is -2.21. The van der Waals surface area contributed by atoms with Gasteiger partial charge in [0.25, 0.3) is 11.5 Å². The van der Waals surface area contributed by atoms with E-state index >= 15 is 0 Å². The predicted molar refractivity (Wildman–Crippen MR) is 186 cm³/mol. The Morgan fingerprint density at radius 1 is 0.898 bits per heavy atom. The number of Topliss-reactive ketones (excluding diaryl/α,β-unsaturated/α-hetero) is 1. The number of carbonyl (C=O) groups is 2. The third-order valence-electron chi connectivity index (χ3n) is 8.95. The molecule has 2 aliphatic rings. The molecule has 1 aliphatic carbocycles. The lowest BCUT2D eigenvalue weighted by Crippen LogP contribution is -2.33. The van der Waals surface area contributed by atoms with E-state index in [1.54, 1.807) is 43.6 Å². The summed E-state index contributed by atoms with van der Waals surface area (Å²) in [6.07, 6.45) is 8.21. The van der Waals surface area contributed by atoms with Gasteiger partial charge in [0.05, 0.1) is 25.4 Å². The first-order chi connectivity index (χ1) is 24.0. The summed E-state index contributed by atoms with van der Waals surface area (Å²) in [7, 11) is 1.60. The maximum absolute atomic E-state index is 13.7. The lowest BCUT2D eigenvalue weighted by atomic mass is 9.92. The van der Waals surface area contributed by atoms with Crippen LogP contribution < -0.4 is 25.1 Å². The molecule has 4 heterocycles. The highest BCUT2D eigenvalue weighted by molar-refractivity contribution is 6.06. The number of pyridine rings is 3. The van der Waals surface area contributed by atoms with Gasteiger partial charge >= 0.3 is 0 Å². The van der Waals surface area contributed by atoms with Crippen LogP contribution in [-0.2, 0) is 6.42 Å². The molecule has 0 atom stereocenters. The second-order valence-electron chi connectivity index (χ2n) is 12.2. The molecule has 0 bridgehead atoms. The van der Waals surface area contributed by atoms with Gasteiger partial charge in [0.2, 0.25) is 0 Å². The first-order valence-electron chi connectivity index (χ1n) is 16.6. The van der Waals surface area contributed by atoms with Gasteiger partial charge in [0, 0.05) is 47.6 Å². The SMILES string of the molecule is COc1cc2c(Oc3ccc(NC(=O)c4cc5c(n(-c6ccccc6)c4=O)CCCC5=O)nc3)ccnc2cc1OCCCN1CCCC1. The van der Waals surface area contributed by atoms with Gasteiger partial charge in [-0.1, -0.05) is 18.2 Å². The number of para-hydroxylation sites is 1. The summed E-state index contributed by atoms with van der Waals surface area (Å²) in [6, 6.07) is 19.2. The Morgan fingerprint density at radius 2 is 1.73 bits per heavy atom. The van der Waals surface area contributed by atoms with Crippen LogP contribution in [0.5, 0.6) is 23.0 Å². The van der Waals surface area contributed by atoms with Crippen LogP contribution in [0.4, 0.5) is 5.82 Å². The minimum Gasteiger partial charge on any atom is -0.493 e. The fourth-order valence-corrected chi connectivity index (χ4v) is 6.50. The summed E-state index contributed by atoms with van der Waals surface area (Å²) in [5.74, 6) is 1.66. The number of hydrogen-bond donors (Lipinski definition) is 1. The molecule has 1 saturated heterocycles. The maximum atomic E-state index is 13.7. The van der Waals surface area contributed by atoms with E-state index in [1.807, 2.05) is 30.3 Å². The van der Waals surface area contributed by atoms with Crippen molar-refractivity contribution >= 4 is 28.4 Å². The van der Waals surface area contributed by atoms with Gasteiger partial charge in [-0.25, -0.2) is 4.98 Å². The number of nitrogens with zero attached hydrogens (tertiary/aromatic N) is 4. The molecule has 3 aromatic heterocycles. The third-order valence-corrected chi connectivity index (χ3v) is 8.95. The number of likely N-dealkylation sites (tertiary alicyclic amines) is 1. The number of nitrogens with one attached hydrogen (secondary N) is 1. The standard InChI is InChI=1S/C38H37N5O6/c1-47-34-22-27-30(23-35(34)48-20-8-19-42-17-5-6-18-42)39-16-15-33(27)49-26-13-14-36(40-24-26)41-37(45)29-21-28-31(11-7-12-32(28)44)43(38(29)46)25-9-3-2-4-10-25/h2-4,9-10,13-16,21-24H,5-8,11-12,17-20H2,1H3,(H,40,41,45). The van der Waals surface area contributed by atoms with Crippen molar-refractivity contribution in [1.82, 2.24) is 19.4 Å². The number of rotatable bonds is 11. The average molecular weight is 660 g/mol. The van der Waals surface area contributed by atoms with Crippen LogP contribution in [0, 0.1) is 0 Å². The van der Waals surface area contributed by atoms with Crippen LogP contribution in [0.15, 0.2) is 83.9 Å². The number of ketones is 1. The second kappa shape index (κ2) is 14.3. The Bertz CT molecular complexity index is 2060. The Morgan fingerprint density at radius 3 is 2.51 bits per heavy atom. The minimum atomic E-state index is -0.654. The van der Waals surface area contributed by atoms with Crippen LogP contribution in [-0.4, -0.2) is 64.5 Å². The quantitative estimate of drug-likeness (QED) is 0.165. The number of ether oxygens (including phenoxy) is 3. The molecular weight excluding hydrogens is 622 g/mol. The largest absolute Gasteiger partial charge is 0.493 e. The molecule has 1 amide bonds. The molecule has 7 rings (SSSR count). The van der Waals surface area contributed by atoms with E-state index in [-0.39, 0.29) is 17.2 Å². The average Bonchev–Trinajstić information content (AvgIpc) is 3.65. The van der Waals surface area contributed by atoms with Gasteiger partial charge in [-0.15, -0.1) is 0 Å². The number of benzene rings is 2. The highest BCUT2D eigenvalue weighted by Gasteiger charge is 2.26. The number of anilines is 1. The predicted octanol–water partition coefficient (Wildman–Crippen LogP) is 6.22. The second-order valence-corrected chi connectivity index (χ2v) is 12.2. The van der Waals surface area contributed by atoms with Crippen molar-refractivity contribution in [1.29, 1.82) is 0 Å². The monoisotopic (exact) mass is 659 g/mol. The molecule has 0 spiro atoms. The van der Waals surface area contributed by atoms with Crippen molar-refractivity contribution in [3.05, 3.63) is 106 Å². The molecule has 1 aliphatic heterocycles. The smallest absolute Gasteiger partial charge is 0.268 e. The fraction of sp³-hybridized carbons (Fsp3) is 0.289. The van der Waals surface area contributed by atoms with Gasteiger partial charge < -0.3 is 24.4 Å². The number of fused-ring (bicyclic) bond motifs is 2. The van der Waals surface area contributed by atoms with Crippen molar-refractivity contribution in [2.24, 2.45) is 0 Å². The summed E-state index contributed by atoms with van der Waals surface area (Å²) < 4.78 is 19.4. The van der Waals surface area contributed by atoms with Crippen molar-refractivity contribution in [2.75, 3.05) is 38.7 Å². The fourth-order valence-electron chi connectivity index (χ4n) is 6.50. The molecular formula is C38H37N5O6. The van der Waals surface area contributed by atoms with Crippen molar-refractivity contribution in [2.45, 2.75) is 38.5 Å². The molecule has 49 heavy (non-hydrogen) atoms. The molecule has 0 saturated carbocycles. The van der Waals surface area contributed by atoms with Gasteiger partial charge in [-0.2, -0.15) is 0 Å². The molecule has 2 aromatic carbocycles. The summed E-state index contributed by atoms with van der Waals surface area (Å²) in [5.41, 5.74) is 1.69. The highest BCUT2D eigenvalue weighted by atomic mass is 16.5. The van der Waals surface area contributed by atoms with Crippen LogP contribution in [0.2, 0.25) is 0 Å². The molecule has 0 radical (unpaired) electrons. The summed E-state index contributed by atoms with van der Waals surface area (Å²) in [6.45, 7) is 3.92. The molecule has 11 heteroatoms. The van der Waals surface area contributed by atoms with E-state index < -0.39 is 11.5 Å². The first-order valence-corrected chi connectivity index (χ1v) is 16.6. The van der Waals surface area contributed by atoms with E-state index in [4.69, 9.17) is 14.2 Å². The van der Waals surface area contributed by atoms with Crippen molar-refractivity contribution in [3.8, 4) is 28.7 Å². The van der Waals surface area contributed by atoms with E-state index in [0.717, 1.165) is 31.4 Å². The molecule has 0 unspecified atom stereocenters. The van der Waals surface area contributed by atoms with E-state index in [9.17, 15) is 14.4 Å². The van der Waals surface area contributed by atoms with Crippen LogP contribution in [0.3, 0.4) is 0 Å². The minimum absolute atomic E-state index is 0.0856. The zero-order chi connectivity index (χ0) is 33.7. The molecule has 250 valence electrons. The molecule has 1 N–H and O–H groups in total. The van der Waals surface area contributed by atoms with Crippen molar-refractivity contribution in [3.63, 3.8) is 0 Å². The Hall–Kier alpha value is -5.55. The zero-order valence-electron chi connectivity index (χ0n) is 27.3. The molecule has 5 aromatic rings. The number of methoxy groups -OCH3 is 1. The third kappa shape index (κ3) is 6.88. The Kier molecular flexibility index (Phi) is 9.34. The number of carbonyl (C=O) groups excluding carboxylic acids is 2. The summed E-state index contributed by atoms with van der Waals surface area (Å²) >= 11 is 0. The van der Waals surface area contributed by atoms with E-state index in [0.29, 0.717) is 71.3 Å². The number of aromatic nitrogens is 3. The van der Waals surface area contributed by atoms with Crippen LogP contribution >= 0.6 is 0 Å². The summed E-state index contributed by atoms with van der Waals surface area (Å²) in [5, 5.41) is 3.44. The lowest BCUT2D eigenvalue weighted by molar-refractivity contribution is 0.0971. The Labute approximate surface area is 283 Å². The normalized spacial score (nSPS) is 14.4. The van der Waals surface area contributed by atoms with Gasteiger partial charge in [0.1, 0.15) is 22.9 Å². The van der Waals surface area contributed by atoms with Gasteiger partial charge in [-0.3, -0.25) is 23.9 Å². The van der Waals surface area contributed by atoms with Crippen LogP contribution in [0.25, 0.3) is 16.6 Å². The van der Waals surface area contributed by atoms with Crippen LogP contribution in [0.1, 0.15) is 58.5 Å². The van der Waals surface area contributed by atoms with E-state index in [2.05, 4.69) is 20.2 Å². The maximum Gasteiger partial charge on any atom is 0.268 e. The topological polar surface area (TPSA) is 125 Å². The van der Waals surface area contributed by atoms with E-state index in [1.165, 1.54) is 29.7 Å². The summed E-state index contributed by atoms with van der Waals surface area (Å²) in [4.78, 5) is 51.2. The number of hydrogen-bond acceptors (Lipinski definition) is 9. The zero-order valence-corrected chi connectivity index (χ0v) is 27.3. The van der Waals surface area contributed by atoms with Gasteiger partial charge in [0.15, 0.2) is 17.3 Å². The molecule has 11 nitrogen and oxygen atoms in total. The first kappa shape index (κ1) is 32.0. The number of amides is 1. The highest BCUT2D eigenvalue weighted by Crippen LogP contribution is 2.37.